The first-order valence-corrected chi connectivity index (χ1v) is 10.4. The highest BCUT2D eigenvalue weighted by molar-refractivity contribution is 7.89. The number of furan rings is 1. The molecule has 3 aromatic rings. The van der Waals surface area contributed by atoms with Gasteiger partial charge in [0.1, 0.15) is 18.1 Å². The van der Waals surface area contributed by atoms with Gasteiger partial charge in [0.15, 0.2) is 5.76 Å². The molecule has 3 N–H and O–H groups in total. The van der Waals surface area contributed by atoms with E-state index in [2.05, 4.69) is 5.32 Å². The van der Waals surface area contributed by atoms with Gasteiger partial charge in [-0.05, 0) is 42.5 Å². The van der Waals surface area contributed by atoms with Crippen LogP contribution in [0.2, 0.25) is 0 Å². The van der Waals surface area contributed by atoms with Crippen LogP contribution in [0.5, 0.6) is 5.75 Å². The lowest BCUT2D eigenvalue weighted by Gasteiger charge is -2.08. The third-order valence-corrected chi connectivity index (χ3v) is 5.57. The number of rotatable bonds is 7. The zero-order chi connectivity index (χ0) is 22.0. The minimum Gasteiger partial charge on any atom is -0.486 e. The molecule has 2 aromatic carbocycles. The SMILES string of the molecule is O=C(NNS(=O)(=O)c1ccc2c(c1)C(=O)NC2=O)c1ccc(COc2ccccc2)o1. The van der Waals surface area contributed by atoms with Crippen LogP contribution < -0.4 is 20.3 Å². The fraction of sp³-hybridized carbons (Fsp3) is 0.0500. The van der Waals surface area contributed by atoms with Gasteiger partial charge < -0.3 is 9.15 Å². The van der Waals surface area contributed by atoms with E-state index >= 15 is 0 Å². The molecule has 0 aliphatic carbocycles. The van der Waals surface area contributed by atoms with Crippen molar-refractivity contribution in [3.8, 4) is 5.75 Å². The predicted octanol–water partition coefficient (Wildman–Crippen LogP) is 1.37. The standard InChI is InChI=1S/C20H15N3O7S/c24-18-15-8-7-14(10-16(15)19(25)21-18)31(27,28)23-22-20(26)17-9-6-13(30-17)11-29-12-4-2-1-3-5-12/h1-10,23H,11H2,(H,22,26)(H,21,24,25). The first-order chi connectivity index (χ1) is 14.8. The number of fused-ring (bicyclic) bond motifs is 1. The first kappa shape index (κ1) is 20.3. The lowest BCUT2D eigenvalue weighted by molar-refractivity contribution is 0.0876. The molecule has 0 unspecified atom stereocenters. The summed E-state index contributed by atoms with van der Waals surface area (Å²) in [6.07, 6.45) is 0. The number of hydrazine groups is 1. The summed E-state index contributed by atoms with van der Waals surface area (Å²) < 4.78 is 35.7. The smallest absolute Gasteiger partial charge is 0.301 e. The Bertz CT molecular complexity index is 1280. The van der Waals surface area contributed by atoms with Gasteiger partial charge >= 0.3 is 5.91 Å². The molecule has 3 amide bonds. The summed E-state index contributed by atoms with van der Waals surface area (Å²) >= 11 is 0. The van der Waals surface area contributed by atoms with Crippen molar-refractivity contribution in [3.63, 3.8) is 0 Å². The zero-order valence-corrected chi connectivity index (χ0v) is 16.6. The number of carbonyl (C=O) groups excluding carboxylic acids is 3. The molecule has 0 fully saturated rings. The van der Waals surface area contributed by atoms with Gasteiger partial charge in [-0.2, -0.15) is 0 Å². The van der Waals surface area contributed by atoms with Gasteiger partial charge in [0.05, 0.1) is 16.0 Å². The van der Waals surface area contributed by atoms with Crippen LogP contribution in [0.3, 0.4) is 0 Å². The summed E-state index contributed by atoms with van der Waals surface area (Å²) in [6.45, 7) is 0.0823. The van der Waals surface area contributed by atoms with Crippen LogP contribution in [-0.4, -0.2) is 26.1 Å². The fourth-order valence-corrected chi connectivity index (χ4v) is 3.66. The van der Waals surface area contributed by atoms with Crippen molar-refractivity contribution in [2.45, 2.75) is 11.5 Å². The normalized spacial score (nSPS) is 12.9. The molecule has 158 valence electrons. The number of hydrogen-bond donors (Lipinski definition) is 3. The molecule has 0 saturated carbocycles. The van der Waals surface area contributed by atoms with E-state index in [0.717, 1.165) is 12.1 Å². The molecule has 1 aromatic heterocycles. The van der Waals surface area contributed by atoms with E-state index < -0.39 is 27.7 Å². The number of carbonyl (C=O) groups is 3. The Morgan fingerprint density at radius 2 is 1.71 bits per heavy atom. The van der Waals surface area contributed by atoms with E-state index in [4.69, 9.17) is 9.15 Å². The van der Waals surface area contributed by atoms with E-state index in [-0.39, 0.29) is 28.4 Å². The monoisotopic (exact) mass is 441 g/mol. The Balaban J connectivity index is 1.38. The van der Waals surface area contributed by atoms with Crippen LogP contribution in [-0.2, 0) is 16.6 Å². The maximum Gasteiger partial charge on any atom is 0.301 e. The van der Waals surface area contributed by atoms with Crippen molar-refractivity contribution in [3.05, 3.63) is 83.3 Å². The topological polar surface area (TPSA) is 144 Å². The molecule has 31 heavy (non-hydrogen) atoms. The van der Waals surface area contributed by atoms with E-state index in [9.17, 15) is 22.8 Å². The van der Waals surface area contributed by atoms with Gasteiger partial charge in [-0.25, -0.2) is 8.42 Å². The van der Waals surface area contributed by atoms with Crippen LogP contribution >= 0.6 is 0 Å². The molecule has 0 atom stereocenters. The van der Waals surface area contributed by atoms with E-state index in [0.29, 0.717) is 11.5 Å². The minimum atomic E-state index is -4.20. The molecule has 1 aliphatic heterocycles. The highest BCUT2D eigenvalue weighted by Crippen LogP contribution is 2.20. The summed E-state index contributed by atoms with van der Waals surface area (Å²) in [5.74, 6) is -1.26. The second kappa shape index (κ2) is 8.05. The third kappa shape index (κ3) is 4.32. The second-order valence-electron chi connectivity index (χ2n) is 6.42. The van der Waals surface area contributed by atoms with Gasteiger partial charge in [0, 0.05) is 0 Å². The Hall–Kier alpha value is -3.96. The number of amides is 3. The number of para-hydroxylation sites is 1. The highest BCUT2D eigenvalue weighted by Gasteiger charge is 2.29. The van der Waals surface area contributed by atoms with Crippen LogP contribution in [0.4, 0.5) is 0 Å². The summed E-state index contributed by atoms with van der Waals surface area (Å²) in [7, 11) is -4.20. The van der Waals surface area contributed by atoms with Crippen LogP contribution in [0.1, 0.15) is 37.0 Å². The Kier molecular flexibility index (Phi) is 5.28. The number of nitrogens with one attached hydrogen (secondary N) is 3. The minimum absolute atomic E-state index is 0.0618. The Morgan fingerprint density at radius 3 is 2.48 bits per heavy atom. The summed E-state index contributed by atoms with van der Waals surface area (Å²) in [5, 5.41) is 2.07. The maximum absolute atomic E-state index is 12.4. The fourth-order valence-electron chi connectivity index (χ4n) is 2.80. The van der Waals surface area contributed by atoms with Gasteiger partial charge in [-0.3, -0.25) is 25.1 Å². The number of benzene rings is 2. The van der Waals surface area contributed by atoms with E-state index in [1.165, 1.54) is 18.2 Å². The number of hydrogen-bond acceptors (Lipinski definition) is 7. The van der Waals surface area contributed by atoms with Crippen molar-refractivity contribution in [1.82, 2.24) is 15.6 Å². The van der Waals surface area contributed by atoms with Crippen molar-refractivity contribution >= 4 is 27.7 Å². The van der Waals surface area contributed by atoms with Crippen LogP contribution in [0.25, 0.3) is 0 Å². The number of ether oxygens (including phenoxy) is 1. The first-order valence-electron chi connectivity index (χ1n) is 8.92. The molecule has 0 radical (unpaired) electrons. The molecule has 0 bridgehead atoms. The quantitative estimate of drug-likeness (QED) is 0.371. The second-order valence-corrected chi connectivity index (χ2v) is 8.10. The van der Waals surface area contributed by atoms with Crippen LogP contribution in [0.15, 0.2) is 70.0 Å². The van der Waals surface area contributed by atoms with Gasteiger partial charge in [0.2, 0.25) is 0 Å². The average molecular weight is 441 g/mol. The largest absolute Gasteiger partial charge is 0.486 e. The zero-order valence-electron chi connectivity index (χ0n) is 15.7. The predicted molar refractivity (Wildman–Crippen MR) is 106 cm³/mol. The molecule has 10 nitrogen and oxygen atoms in total. The summed E-state index contributed by atoms with van der Waals surface area (Å²) in [4.78, 5) is 37.1. The average Bonchev–Trinajstić information content (AvgIpc) is 3.36. The summed E-state index contributed by atoms with van der Waals surface area (Å²) in [6, 6.07) is 15.3. The van der Waals surface area contributed by atoms with Crippen molar-refractivity contribution in [1.29, 1.82) is 0 Å². The van der Waals surface area contributed by atoms with Gasteiger partial charge in [-0.15, -0.1) is 4.83 Å². The molecule has 0 saturated heterocycles. The van der Waals surface area contributed by atoms with Gasteiger partial charge in [-0.1, -0.05) is 18.2 Å². The molecular weight excluding hydrogens is 426 g/mol. The van der Waals surface area contributed by atoms with Crippen molar-refractivity contribution in [2.24, 2.45) is 0 Å². The molecule has 1 aliphatic rings. The maximum atomic E-state index is 12.4. The number of imide groups is 1. The molecule has 0 spiro atoms. The molecule has 11 heteroatoms. The van der Waals surface area contributed by atoms with Crippen molar-refractivity contribution in [2.75, 3.05) is 0 Å². The molecular formula is C20H15N3O7S. The van der Waals surface area contributed by atoms with Crippen molar-refractivity contribution < 1.29 is 32.0 Å². The highest BCUT2D eigenvalue weighted by atomic mass is 32.2. The van der Waals surface area contributed by atoms with E-state index in [1.807, 2.05) is 28.5 Å². The number of sulfonamides is 1. The van der Waals surface area contributed by atoms with Gasteiger partial charge in [0.25, 0.3) is 21.8 Å². The Labute approximate surface area is 176 Å². The Morgan fingerprint density at radius 1 is 0.968 bits per heavy atom. The lowest BCUT2D eigenvalue weighted by atomic mass is 10.1. The molecule has 2 heterocycles. The third-order valence-electron chi connectivity index (χ3n) is 4.33. The summed E-state index contributed by atoms with van der Waals surface area (Å²) in [5.41, 5.74) is 2.05. The van der Waals surface area contributed by atoms with E-state index in [1.54, 1.807) is 12.1 Å². The van der Waals surface area contributed by atoms with Crippen LogP contribution in [0, 0.1) is 0 Å². The molecule has 4 rings (SSSR count). The lowest BCUT2D eigenvalue weighted by Crippen LogP contribution is -2.41.